The first kappa shape index (κ1) is 17.9. The zero-order valence-corrected chi connectivity index (χ0v) is 17.0. The molecule has 2 heterocycles. The Balaban J connectivity index is 1.53. The second-order valence-corrected chi connectivity index (χ2v) is 8.32. The minimum Gasteiger partial charge on any atom is -0.457 e. The zero-order chi connectivity index (χ0) is 20.0. The molecular formula is C24H20N2O2S. The van der Waals surface area contributed by atoms with Crippen LogP contribution >= 0.6 is 11.3 Å². The van der Waals surface area contributed by atoms with Gasteiger partial charge in [-0.2, -0.15) is 0 Å². The number of carbonyl (C=O) groups excluding carboxylic acids is 1. The van der Waals surface area contributed by atoms with Gasteiger partial charge < -0.3 is 9.64 Å². The van der Waals surface area contributed by atoms with E-state index >= 15 is 0 Å². The lowest BCUT2D eigenvalue weighted by atomic mass is 9.86. The average Bonchev–Trinajstić information content (AvgIpc) is 3.20. The van der Waals surface area contributed by atoms with Gasteiger partial charge in [-0.15, -0.1) is 11.3 Å². The summed E-state index contributed by atoms with van der Waals surface area (Å²) in [7, 11) is 1.86. The third-order valence-electron chi connectivity index (χ3n) is 5.52. The van der Waals surface area contributed by atoms with Crippen molar-refractivity contribution in [2.24, 2.45) is 0 Å². The maximum atomic E-state index is 13.7. The molecule has 0 spiro atoms. The number of ether oxygens (including phenoxy) is 1. The molecule has 1 aliphatic heterocycles. The van der Waals surface area contributed by atoms with Crippen LogP contribution in [0.1, 0.15) is 35.0 Å². The number of hydrogen-bond acceptors (Lipinski definition) is 4. The van der Waals surface area contributed by atoms with Crippen LogP contribution in [0.25, 0.3) is 10.2 Å². The van der Waals surface area contributed by atoms with E-state index in [4.69, 9.17) is 9.72 Å². The van der Waals surface area contributed by atoms with Crippen LogP contribution in [0.15, 0.2) is 72.8 Å². The summed E-state index contributed by atoms with van der Waals surface area (Å²) in [4.78, 5) is 20.3. The van der Waals surface area contributed by atoms with Crippen LogP contribution in [0.4, 0.5) is 0 Å². The molecule has 5 heteroatoms. The molecule has 1 atom stereocenters. The van der Waals surface area contributed by atoms with Crippen molar-refractivity contribution in [3.05, 3.63) is 88.9 Å². The van der Waals surface area contributed by atoms with Crippen LogP contribution in [-0.2, 0) is 4.79 Å². The SMILES string of the molecule is C[C@H](c1nc2ccccc2s1)N(C)C(=O)C1c2ccccc2Oc2ccccc21. The van der Waals surface area contributed by atoms with Crippen molar-refractivity contribution in [3.63, 3.8) is 0 Å². The molecule has 1 aromatic heterocycles. The summed E-state index contributed by atoms with van der Waals surface area (Å²) in [6, 6.07) is 23.5. The lowest BCUT2D eigenvalue weighted by molar-refractivity contribution is -0.132. The summed E-state index contributed by atoms with van der Waals surface area (Å²) in [5.41, 5.74) is 2.78. The summed E-state index contributed by atoms with van der Waals surface area (Å²) >= 11 is 1.64. The summed E-state index contributed by atoms with van der Waals surface area (Å²) in [5, 5.41) is 0.940. The molecule has 144 valence electrons. The molecule has 29 heavy (non-hydrogen) atoms. The van der Waals surface area contributed by atoms with Crippen molar-refractivity contribution in [1.82, 2.24) is 9.88 Å². The van der Waals surface area contributed by atoms with Gasteiger partial charge in [0.2, 0.25) is 5.91 Å². The number of carbonyl (C=O) groups is 1. The standard InChI is InChI=1S/C24H20N2O2S/c1-15(23-25-18-11-5-8-14-21(18)29-23)26(2)24(27)22-16-9-3-6-12-19(16)28-20-13-7-4-10-17(20)22/h3-15,22H,1-2H3/t15-/m1/s1. The number of thiazole rings is 1. The fourth-order valence-corrected chi connectivity index (χ4v) is 4.87. The monoisotopic (exact) mass is 400 g/mol. The predicted octanol–water partition coefficient (Wildman–Crippen LogP) is 5.75. The highest BCUT2D eigenvalue weighted by atomic mass is 32.1. The van der Waals surface area contributed by atoms with E-state index in [2.05, 4.69) is 6.07 Å². The lowest BCUT2D eigenvalue weighted by Crippen LogP contribution is -2.35. The van der Waals surface area contributed by atoms with Gasteiger partial charge >= 0.3 is 0 Å². The number of aromatic nitrogens is 1. The summed E-state index contributed by atoms with van der Waals surface area (Å²) in [6.07, 6.45) is 0. The van der Waals surface area contributed by atoms with Gasteiger partial charge in [-0.3, -0.25) is 4.79 Å². The molecule has 1 aliphatic rings. The third kappa shape index (κ3) is 2.98. The van der Waals surface area contributed by atoms with Crippen molar-refractivity contribution in [1.29, 1.82) is 0 Å². The summed E-state index contributed by atoms with van der Waals surface area (Å²) in [6.45, 7) is 2.03. The van der Waals surface area contributed by atoms with Gasteiger partial charge in [0, 0.05) is 18.2 Å². The van der Waals surface area contributed by atoms with Crippen molar-refractivity contribution >= 4 is 27.5 Å². The zero-order valence-electron chi connectivity index (χ0n) is 16.2. The highest BCUT2D eigenvalue weighted by Crippen LogP contribution is 2.45. The first-order chi connectivity index (χ1) is 14.1. The minimum atomic E-state index is -0.391. The molecule has 0 N–H and O–H groups in total. The van der Waals surface area contributed by atoms with Crippen molar-refractivity contribution in [2.75, 3.05) is 7.05 Å². The topological polar surface area (TPSA) is 42.4 Å². The Morgan fingerprint density at radius 1 is 0.966 bits per heavy atom. The molecule has 3 aromatic carbocycles. The van der Waals surface area contributed by atoms with Crippen molar-refractivity contribution in [3.8, 4) is 11.5 Å². The molecule has 0 saturated carbocycles. The number of benzene rings is 3. The lowest BCUT2D eigenvalue weighted by Gasteiger charge is -2.32. The fraction of sp³-hybridized carbons (Fsp3) is 0.167. The van der Waals surface area contributed by atoms with Crippen LogP contribution < -0.4 is 4.74 Å². The van der Waals surface area contributed by atoms with E-state index in [1.165, 1.54) is 0 Å². The molecule has 0 fully saturated rings. The molecule has 0 bridgehead atoms. The van der Waals surface area contributed by atoms with Gasteiger partial charge in [0.05, 0.1) is 22.2 Å². The largest absolute Gasteiger partial charge is 0.457 e. The molecule has 0 saturated heterocycles. The van der Waals surface area contributed by atoms with E-state index in [0.717, 1.165) is 37.9 Å². The van der Waals surface area contributed by atoms with E-state index in [-0.39, 0.29) is 11.9 Å². The number of amides is 1. The van der Waals surface area contributed by atoms with Gasteiger partial charge in [0.15, 0.2) is 0 Å². The number of nitrogens with zero attached hydrogens (tertiary/aromatic N) is 2. The Hall–Kier alpha value is -3.18. The Bertz CT molecular complexity index is 1140. The van der Waals surface area contributed by atoms with E-state index in [1.54, 1.807) is 16.2 Å². The number of fused-ring (bicyclic) bond motifs is 3. The van der Waals surface area contributed by atoms with Crippen LogP contribution in [0, 0.1) is 0 Å². The van der Waals surface area contributed by atoms with E-state index in [1.807, 2.05) is 80.7 Å². The van der Waals surface area contributed by atoms with Gasteiger partial charge in [0.25, 0.3) is 0 Å². The first-order valence-corrected chi connectivity index (χ1v) is 10.4. The molecular weight excluding hydrogens is 380 g/mol. The second kappa shape index (κ2) is 7.01. The van der Waals surface area contributed by atoms with Crippen LogP contribution in [0.3, 0.4) is 0 Å². The first-order valence-electron chi connectivity index (χ1n) is 9.61. The number of para-hydroxylation sites is 3. The van der Waals surface area contributed by atoms with Crippen LogP contribution in [-0.4, -0.2) is 22.8 Å². The second-order valence-electron chi connectivity index (χ2n) is 7.26. The fourth-order valence-electron chi connectivity index (χ4n) is 3.80. The van der Waals surface area contributed by atoms with Crippen molar-refractivity contribution in [2.45, 2.75) is 18.9 Å². The van der Waals surface area contributed by atoms with Gasteiger partial charge in [-0.05, 0) is 31.2 Å². The molecule has 4 aromatic rings. The maximum Gasteiger partial charge on any atom is 0.235 e. The van der Waals surface area contributed by atoms with Gasteiger partial charge in [-0.25, -0.2) is 4.98 Å². The normalized spacial score (nSPS) is 14.0. The highest BCUT2D eigenvalue weighted by Gasteiger charge is 2.36. The van der Waals surface area contributed by atoms with Gasteiger partial charge in [-0.1, -0.05) is 48.5 Å². The Kier molecular flexibility index (Phi) is 4.32. The molecule has 4 nitrogen and oxygen atoms in total. The van der Waals surface area contributed by atoms with Crippen molar-refractivity contribution < 1.29 is 9.53 Å². The summed E-state index contributed by atoms with van der Waals surface area (Å²) in [5.74, 6) is 1.13. The van der Waals surface area contributed by atoms with Crippen LogP contribution in [0.2, 0.25) is 0 Å². The van der Waals surface area contributed by atoms with E-state index in [0.29, 0.717) is 0 Å². The molecule has 0 aliphatic carbocycles. The Morgan fingerprint density at radius 2 is 1.55 bits per heavy atom. The molecule has 1 amide bonds. The number of likely N-dealkylation sites (N-methyl/N-ethyl adjacent to an activating group) is 1. The third-order valence-corrected chi connectivity index (χ3v) is 6.73. The smallest absolute Gasteiger partial charge is 0.235 e. The predicted molar refractivity (Wildman–Crippen MR) is 116 cm³/mol. The average molecular weight is 401 g/mol. The number of rotatable bonds is 3. The Labute approximate surface area is 173 Å². The van der Waals surface area contributed by atoms with Gasteiger partial charge in [0.1, 0.15) is 16.5 Å². The minimum absolute atomic E-state index is 0.0416. The van der Waals surface area contributed by atoms with E-state index in [9.17, 15) is 4.79 Å². The quantitative estimate of drug-likeness (QED) is 0.439. The van der Waals surface area contributed by atoms with E-state index < -0.39 is 5.92 Å². The highest BCUT2D eigenvalue weighted by molar-refractivity contribution is 7.18. The molecule has 0 unspecified atom stereocenters. The number of hydrogen-bond donors (Lipinski definition) is 0. The molecule has 0 radical (unpaired) electrons. The Morgan fingerprint density at radius 3 is 2.21 bits per heavy atom. The summed E-state index contributed by atoms with van der Waals surface area (Å²) < 4.78 is 7.18. The van der Waals surface area contributed by atoms with Crippen LogP contribution in [0.5, 0.6) is 11.5 Å². The maximum absolute atomic E-state index is 13.7. The molecule has 5 rings (SSSR count).